The van der Waals surface area contributed by atoms with Gasteiger partial charge in [0.25, 0.3) is 0 Å². The van der Waals surface area contributed by atoms with Gasteiger partial charge in [0.05, 0.1) is 0 Å². The number of hydrogen-bond acceptors (Lipinski definition) is 1. The summed E-state index contributed by atoms with van der Waals surface area (Å²) in [5.41, 5.74) is 2.75. The van der Waals surface area contributed by atoms with Crippen LogP contribution in [0.1, 0.15) is 24.5 Å². The van der Waals surface area contributed by atoms with Gasteiger partial charge in [-0.25, -0.2) is 0 Å². The molecular formula is C16H21Cl2OSiTi. The molecule has 0 heterocycles. The number of benzene rings is 1. The molecular weight excluding hydrogens is 355 g/mol. The van der Waals surface area contributed by atoms with E-state index in [1.54, 1.807) is 0 Å². The molecule has 0 N–H and O–H groups in total. The Morgan fingerprint density at radius 1 is 1.14 bits per heavy atom. The van der Waals surface area contributed by atoms with Gasteiger partial charge < -0.3 is 24.8 Å². The SMILES string of the molecule is C[Si](C)(C)OC(CC1=[C]([Ti+2])CC=C1)c1ccccc1.[Cl-].[Cl-]. The van der Waals surface area contributed by atoms with E-state index in [1.807, 2.05) is 0 Å². The third-order valence-electron chi connectivity index (χ3n) is 3.10. The van der Waals surface area contributed by atoms with E-state index in [-0.39, 0.29) is 30.9 Å². The molecule has 0 aromatic heterocycles. The molecule has 2 rings (SSSR count). The van der Waals surface area contributed by atoms with E-state index in [1.165, 1.54) is 15.0 Å². The van der Waals surface area contributed by atoms with Gasteiger partial charge in [0.15, 0.2) is 0 Å². The summed E-state index contributed by atoms with van der Waals surface area (Å²) in [5, 5.41) is 0. The molecule has 0 bridgehead atoms. The quantitative estimate of drug-likeness (QED) is 0.583. The largest absolute Gasteiger partial charge is 1.00 e. The average Bonchev–Trinajstić information content (AvgIpc) is 2.74. The molecule has 0 radical (unpaired) electrons. The van der Waals surface area contributed by atoms with Crippen LogP contribution in [-0.2, 0) is 24.9 Å². The summed E-state index contributed by atoms with van der Waals surface area (Å²) in [6, 6.07) is 10.6. The van der Waals surface area contributed by atoms with Crippen LogP contribution in [0.5, 0.6) is 0 Å². The van der Waals surface area contributed by atoms with Gasteiger partial charge in [-0.05, 0) is 0 Å². The zero-order chi connectivity index (χ0) is 13.9. The predicted molar refractivity (Wildman–Crippen MR) is 79.0 cm³/mol. The summed E-state index contributed by atoms with van der Waals surface area (Å²) >= 11 is 2.23. The van der Waals surface area contributed by atoms with Crippen molar-refractivity contribution in [2.75, 3.05) is 0 Å². The summed E-state index contributed by atoms with van der Waals surface area (Å²) < 4.78 is 7.89. The zero-order valence-corrected chi connectivity index (χ0v) is 16.8. The maximum Gasteiger partial charge on any atom is -1.00 e. The Morgan fingerprint density at radius 2 is 1.76 bits per heavy atom. The van der Waals surface area contributed by atoms with Crippen LogP contribution in [0.2, 0.25) is 19.6 Å². The van der Waals surface area contributed by atoms with Crippen LogP contribution < -0.4 is 24.8 Å². The van der Waals surface area contributed by atoms with Gasteiger partial charge in [0.1, 0.15) is 0 Å². The van der Waals surface area contributed by atoms with Gasteiger partial charge >= 0.3 is 129 Å². The fraction of sp³-hybridized carbons (Fsp3) is 0.375. The van der Waals surface area contributed by atoms with Crippen LogP contribution >= 0.6 is 0 Å². The van der Waals surface area contributed by atoms with E-state index < -0.39 is 8.32 Å². The summed E-state index contributed by atoms with van der Waals surface area (Å²) in [5.74, 6) is 0. The van der Waals surface area contributed by atoms with Crippen molar-refractivity contribution in [1.29, 1.82) is 0 Å². The third-order valence-corrected chi connectivity index (χ3v) is 4.91. The van der Waals surface area contributed by atoms with Gasteiger partial charge in [-0.15, -0.1) is 0 Å². The number of allylic oxidation sites excluding steroid dienone is 3. The summed E-state index contributed by atoms with van der Waals surface area (Å²) in [6.07, 6.45) is 6.81. The normalized spacial score (nSPS) is 15.5. The second kappa shape index (κ2) is 9.34. The zero-order valence-electron chi connectivity index (χ0n) is 12.7. The van der Waals surface area contributed by atoms with Gasteiger partial charge in [-0.1, -0.05) is 0 Å². The number of halogens is 2. The Bertz CT molecular complexity index is 495. The standard InChI is InChI=1S/C16H21OSi.2ClH.Ti/c1-18(2,3)17-16(13-14-9-7-8-10-14)15-11-5-4-6-12-15;;;/h4-7,9,11-12,16H,8,13H2,1-3H3;2*1H;/q;;;+2/p-2. The van der Waals surface area contributed by atoms with Gasteiger partial charge in [0.2, 0.25) is 0 Å². The van der Waals surface area contributed by atoms with Crippen molar-refractivity contribution in [3.63, 3.8) is 0 Å². The van der Waals surface area contributed by atoms with E-state index in [0.717, 1.165) is 12.8 Å². The summed E-state index contributed by atoms with van der Waals surface area (Å²) in [7, 11) is -1.54. The van der Waals surface area contributed by atoms with Gasteiger partial charge in [-0.2, -0.15) is 0 Å². The van der Waals surface area contributed by atoms with Crippen molar-refractivity contribution >= 4 is 8.32 Å². The molecule has 1 aliphatic carbocycles. The van der Waals surface area contributed by atoms with Crippen LogP contribution in [0.3, 0.4) is 0 Å². The van der Waals surface area contributed by atoms with E-state index in [0.29, 0.717) is 0 Å². The van der Waals surface area contributed by atoms with Crippen molar-refractivity contribution in [2.45, 2.75) is 38.6 Å². The molecule has 5 heteroatoms. The van der Waals surface area contributed by atoms with Crippen LogP contribution in [0.15, 0.2) is 51.9 Å². The maximum atomic E-state index is 6.40. The van der Waals surface area contributed by atoms with Crippen molar-refractivity contribution in [3.8, 4) is 0 Å². The monoisotopic (exact) mass is 375 g/mol. The molecule has 0 spiro atoms. The molecule has 21 heavy (non-hydrogen) atoms. The molecule has 1 aromatic rings. The van der Waals surface area contributed by atoms with Crippen LogP contribution in [0.25, 0.3) is 0 Å². The topological polar surface area (TPSA) is 9.23 Å². The van der Waals surface area contributed by atoms with Crippen LogP contribution in [0.4, 0.5) is 0 Å². The first kappa shape index (κ1) is 21.2. The van der Waals surface area contributed by atoms with E-state index in [2.05, 4.69) is 82.6 Å². The van der Waals surface area contributed by atoms with E-state index in [9.17, 15) is 0 Å². The smallest absolute Gasteiger partial charge is 1.00 e. The van der Waals surface area contributed by atoms with Crippen LogP contribution in [0, 0.1) is 0 Å². The molecule has 1 aliphatic rings. The maximum absolute atomic E-state index is 6.40. The predicted octanol–water partition coefficient (Wildman–Crippen LogP) is -1.26. The molecule has 113 valence electrons. The van der Waals surface area contributed by atoms with Crippen molar-refractivity contribution in [1.82, 2.24) is 0 Å². The second-order valence-corrected chi connectivity index (χ2v) is 11.3. The molecule has 0 saturated carbocycles. The first-order valence-corrected chi connectivity index (χ1v) is 11.0. The van der Waals surface area contributed by atoms with E-state index in [4.69, 9.17) is 4.43 Å². The fourth-order valence-corrected chi connectivity index (χ4v) is 3.81. The molecule has 1 unspecified atom stereocenters. The molecule has 0 aliphatic heterocycles. The molecule has 1 aromatic carbocycles. The molecule has 1 atom stereocenters. The van der Waals surface area contributed by atoms with Crippen molar-refractivity contribution < 1.29 is 49.7 Å². The second-order valence-electron chi connectivity index (χ2n) is 5.94. The average molecular weight is 376 g/mol. The molecule has 0 fully saturated rings. The molecule has 0 amide bonds. The molecule has 0 saturated heterocycles. The Kier molecular flexibility index (Phi) is 9.42. The summed E-state index contributed by atoms with van der Waals surface area (Å²) in [6.45, 7) is 6.78. The number of hydrogen-bond donors (Lipinski definition) is 0. The minimum Gasteiger partial charge on any atom is -1.00 e. The third kappa shape index (κ3) is 6.85. The van der Waals surface area contributed by atoms with Gasteiger partial charge in [0, 0.05) is 0 Å². The first-order chi connectivity index (χ1) is 8.96. The Morgan fingerprint density at radius 3 is 2.24 bits per heavy atom. The first-order valence-electron chi connectivity index (χ1n) is 6.78. The van der Waals surface area contributed by atoms with Gasteiger partial charge in [-0.3, -0.25) is 0 Å². The van der Waals surface area contributed by atoms with Crippen molar-refractivity contribution in [2.24, 2.45) is 0 Å². The minimum atomic E-state index is -1.54. The fourth-order valence-electron chi connectivity index (χ4n) is 2.26. The van der Waals surface area contributed by atoms with Crippen molar-refractivity contribution in [3.05, 3.63) is 57.5 Å². The minimum absolute atomic E-state index is 0. The Hall–Kier alpha value is 0.171. The van der Waals surface area contributed by atoms with E-state index >= 15 is 0 Å². The number of rotatable bonds is 5. The molecule has 1 nitrogen and oxygen atoms in total. The summed E-state index contributed by atoms with van der Waals surface area (Å²) in [4.78, 5) is 0. The Balaban J connectivity index is 0.00000200. The Labute approximate surface area is 153 Å². The van der Waals surface area contributed by atoms with Crippen LogP contribution in [-0.4, -0.2) is 8.32 Å².